The molecule has 10 heteroatoms. The minimum atomic E-state index is -4.16. The number of anilines is 1. The Labute approximate surface area is 283 Å². The third kappa shape index (κ3) is 9.51. The van der Waals surface area contributed by atoms with E-state index >= 15 is 0 Å². The van der Waals surface area contributed by atoms with Crippen LogP contribution in [0.25, 0.3) is 0 Å². The van der Waals surface area contributed by atoms with Crippen molar-refractivity contribution in [3.05, 3.63) is 129 Å². The molecule has 2 amide bonds. The summed E-state index contributed by atoms with van der Waals surface area (Å²) in [5, 5.41) is 3.01. The Morgan fingerprint density at radius 3 is 2.09 bits per heavy atom. The topological polar surface area (TPSA) is 86.8 Å². The van der Waals surface area contributed by atoms with Crippen LogP contribution >= 0.6 is 31.9 Å². The second-order valence-electron chi connectivity index (χ2n) is 11.3. The van der Waals surface area contributed by atoms with Gasteiger partial charge < -0.3 is 10.2 Å². The zero-order valence-electron chi connectivity index (χ0n) is 25.5. The molecule has 1 N–H and O–H groups in total. The van der Waals surface area contributed by atoms with Crippen molar-refractivity contribution in [1.82, 2.24) is 10.2 Å². The van der Waals surface area contributed by atoms with E-state index in [-0.39, 0.29) is 29.7 Å². The van der Waals surface area contributed by atoms with Gasteiger partial charge in [0, 0.05) is 28.5 Å². The van der Waals surface area contributed by atoms with Gasteiger partial charge in [-0.25, -0.2) is 8.42 Å². The van der Waals surface area contributed by atoms with Crippen LogP contribution in [0.3, 0.4) is 0 Å². The monoisotopic (exact) mass is 753 g/mol. The summed E-state index contributed by atoms with van der Waals surface area (Å²) in [6, 6.07) is 29.5. The molecule has 0 aliphatic carbocycles. The second-order valence-corrected chi connectivity index (χ2v) is 15.0. The molecule has 236 valence electrons. The van der Waals surface area contributed by atoms with Gasteiger partial charge in [-0.1, -0.05) is 112 Å². The summed E-state index contributed by atoms with van der Waals surface area (Å²) in [5.74, 6) is -0.601. The first-order valence-corrected chi connectivity index (χ1v) is 17.7. The summed E-state index contributed by atoms with van der Waals surface area (Å²) >= 11 is 6.90. The van der Waals surface area contributed by atoms with Gasteiger partial charge in [-0.15, -0.1) is 0 Å². The molecule has 0 aliphatic rings. The Morgan fingerprint density at radius 1 is 0.800 bits per heavy atom. The summed E-state index contributed by atoms with van der Waals surface area (Å²) in [4.78, 5) is 29.9. The molecule has 0 saturated heterocycles. The minimum absolute atomic E-state index is 0.0656. The van der Waals surface area contributed by atoms with E-state index in [0.29, 0.717) is 16.7 Å². The summed E-state index contributed by atoms with van der Waals surface area (Å²) in [7, 11) is -4.16. The fourth-order valence-electron chi connectivity index (χ4n) is 4.76. The highest BCUT2D eigenvalue weighted by Gasteiger charge is 2.34. The van der Waals surface area contributed by atoms with E-state index in [0.717, 1.165) is 25.5 Å². The zero-order valence-corrected chi connectivity index (χ0v) is 29.5. The van der Waals surface area contributed by atoms with Crippen molar-refractivity contribution in [2.45, 2.75) is 44.7 Å². The van der Waals surface area contributed by atoms with Crippen LogP contribution in [0.4, 0.5) is 5.69 Å². The molecule has 0 heterocycles. The van der Waals surface area contributed by atoms with Gasteiger partial charge in [-0.3, -0.25) is 13.9 Å². The number of nitrogens with one attached hydrogen (secondary N) is 1. The molecular weight excluding hydrogens is 718 g/mol. The van der Waals surface area contributed by atoms with E-state index in [9.17, 15) is 18.0 Å². The minimum Gasteiger partial charge on any atom is -0.354 e. The average Bonchev–Trinajstić information content (AvgIpc) is 3.01. The highest BCUT2D eigenvalue weighted by molar-refractivity contribution is 9.10. The first kappa shape index (κ1) is 34.4. The average molecular weight is 756 g/mol. The van der Waals surface area contributed by atoms with Crippen molar-refractivity contribution in [1.29, 1.82) is 0 Å². The van der Waals surface area contributed by atoms with E-state index in [2.05, 4.69) is 37.2 Å². The third-order valence-corrected chi connectivity index (χ3v) is 10.0. The van der Waals surface area contributed by atoms with Gasteiger partial charge in [-0.2, -0.15) is 0 Å². The highest BCUT2D eigenvalue weighted by Crippen LogP contribution is 2.27. The number of hydrogen-bond donors (Lipinski definition) is 1. The van der Waals surface area contributed by atoms with Crippen LogP contribution in [-0.2, 0) is 32.6 Å². The van der Waals surface area contributed by atoms with Crippen molar-refractivity contribution in [2.75, 3.05) is 17.4 Å². The van der Waals surface area contributed by atoms with Gasteiger partial charge in [0.1, 0.15) is 12.6 Å². The molecule has 0 saturated carbocycles. The molecule has 0 aliphatic heterocycles. The molecule has 4 aromatic carbocycles. The predicted molar refractivity (Wildman–Crippen MR) is 186 cm³/mol. The van der Waals surface area contributed by atoms with Gasteiger partial charge in [0.25, 0.3) is 10.0 Å². The van der Waals surface area contributed by atoms with Crippen molar-refractivity contribution in [3.8, 4) is 0 Å². The van der Waals surface area contributed by atoms with Crippen LogP contribution in [0.15, 0.2) is 117 Å². The second kappa shape index (κ2) is 15.7. The molecule has 0 fully saturated rings. The normalized spacial score (nSPS) is 12.0. The number of halogens is 2. The van der Waals surface area contributed by atoms with E-state index in [1.54, 1.807) is 36.4 Å². The van der Waals surface area contributed by atoms with Gasteiger partial charge in [0.15, 0.2) is 0 Å². The van der Waals surface area contributed by atoms with E-state index in [1.165, 1.54) is 17.0 Å². The number of carbonyl (C=O) groups is 2. The van der Waals surface area contributed by atoms with E-state index in [4.69, 9.17) is 0 Å². The predicted octanol–water partition coefficient (Wildman–Crippen LogP) is 7.13. The first-order valence-electron chi connectivity index (χ1n) is 14.6. The summed E-state index contributed by atoms with van der Waals surface area (Å²) < 4.78 is 30.9. The van der Waals surface area contributed by atoms with Gasteiger partial charge in [-0.05, 0) is 66.4 Å². The Hall–Kier alpha value is -3.47. The molecule has 7 nitrogen and oxygen atoms in total. The lowest BCUT2D eigenvalue weighted by Crippen LogP contribution is -2.53. The molecule has 0 bridgehead atoms. The zero-order chi connectivity index (χ0) is 32.6. The summed E-state index contributed by atoms with van der Waals surface area (Å²) in [6.45, 7) is 5.92. The van der Waals surface area contributed by atoms with Crippen molar-refractivity contribution < 1.29 is 18.0 Å². The van der Waals surface area contributed by atoms with Crippen LogP contribution in [0.2, 0.25) is 0 Å². The van der Waals surface area contributed by atoms with E-state index in [1.807, 2.05) is 75.4 Å². The quantitative estimate of drug-likeness (QED) is 0.158. The molecule has 1 unspecified atom stereocenters. The number of sulfonamides is 1. The maximum atomic E-state index is 14.5. The molecule has 1 atom stereocenters. The smallest absolute Gasteiger partial charge is 0.264 e. The Kier molecular flexibility index (Phi) is 12.0. The molecule has 0 spiro atoms. The largest absolute Gasteiger partial charge is 0.354 e. The molecule has 4 aromatic rings. The summed E-state index contributed by atoms with van der Waals surface area (Å²) in [6.07, 6.45) is 0.259. The maximum Gasteiger partial charge on any atom is 0.264 e. The van der Waals surface area contributed by atoms with Crippen molar-refractivity contribution in [2.24, 2.45) is 5.92 Å². The highest BCUT2D eigenvalue weighted by atomic mass is 79.9. The van der Waals surface area contributed by atoms with Crippen LogP contribution < -0.4 is 9.62 Å². The fourth-order valence-corrected chi connectivity index (χ4v) is 6.82. The standard InChI is InChI=1S/C35H37Br2N3O4S/c1-25(2)22-38-35(42)33(20-27-8-5-4-6-9-27)39(23-28-14-16-29(36)17-15-28)34(41)24-40(31-11-7-10-30(37)21-31)45(43,44)32-18-12-26(3)13-19-32/h4-19,21,25,33H,20,22-24H2,1-3H3,(H,38,42). The number of aryl methyl sites for hydroxylation is 1. The SMILES string of the molecule is Cc1ccc(S(=O)(=O)N(CC(=O)N(Cc2ccc(Br)cc2)C(Cc2ccccc2)C(=O)NCC(C)C)c2cccc(Br)c2)cc1. The van der Waals surface area contributed by atoms with Crippen LogP contribution in [0.5, 0.6) is 0 Å². The third-order valence-electron chi connectivity index (χ3n) is 7.21. The van der Waals surface area contributed by atoms with E-state index < -0.39 is 28.5 Å². The Bertz CT molecular complexity index is 1700. The van der Waals surface area contributed by atoms with Gasteiger partial charge >= 0.3 is 0 Å². The number of benzene rings is 4. The van der Waals surface area contributed by atoms with Crippen LogP contribution in [0, 0.1) is 12.8 Å². The molecular formula is C35H37Br2N3O4S. The molecule has 45 heavy (non-hydrogen) atoms. The lowest BCUT2D eigenvalue weighted by atomic mass is 10.0. The number of rotatable bonds is 13. The molecule has 0 aromatic heterocycles. The van der Waals surface area contributed by atoms with Crippen molar-refractivity contribution >= 4 is 59.4 Å². The number of amides is 2. The lowest BCUT2D eigenvalue weighted by Gasteiger charge is -2.34. The number of carbonyl (C=O) groups excluding carboxylic acids is 2. The Balaban J connectivity index is 1.79. The Morgan fingerprint density at radius 2 is 1.47 bits per heavy atom. The summed E-state index contributed by atoms with van der Waals surface area (Å²) in [5.41, 5.74) is 2.92. The van der Waals surface area contributed by atoms with Crippen molar-refractivity contribution in [3.63, 3.8) is 0 Å². The number of nitrogens with zero attached hydrogens (tertiary/aromatic N) is 2. The van der Waals surface area contributed by atoms with Gasteiger partial charge in [0.05, 0.1) is 10.6 Å². The fraction of sp³-hybridized carbons (Fsp3) is 0.257. The first-order chi connectivity index (χ1) is 21.4. The van der Waals surface area contributed by atoms with Gasteiger partial charge in [0.2, 0.25) is 11.8 Å². The van der Waals surface area contributed by atoms with Crippen LogP contribution in [0.1, 0.15) is 30.5 Å². The lowest BCUT2D eigenvalue weighted by molar-refractivity contribution is -0.140. The number of hydrogen-bond acceptors (Lipinski definition) is 4. The maximum absolute atomic E-state index is 14.5. The molecule has 0 radical (unpaired) electrons. The molecule has 4 rings (SSSR count). The van der Waals surface area contributed by atoms with Crippen LogP contribution in [-0.4, -0.2) is 44.3 Å².